The van der Waals surface area contributed by atoms with Crippen LogP contribution in [0.25, 0.3) is 0 Å². The Hall–Kier alpha value is -0.120. The van der Waals surface area contributed by atoms with Crippen LogP contribution >= 0.6 is 0 Å². The third-order valence-corrected chi connectivity index (χ3v) is 3.68. The van der Waals surface area contributed by atoms with Gasteiger partial charge in [-0.3, -0.25) is 0 Å². The monoisotopic (exact) mass is 228 g/mol. The Morgan fingerprint density at radius 2 is 1.94 bits per heavy atom. The van der Waals surface area contributed by atoms with Crippen LogP contribution in [0.4, 0.5) is 0 Å². The minimum atomic E-state index is 0.669. The lowest BCUT2D eigenvalue weighted by Crippen LogP contribution is -2.32. The van der Waals surface area contributed by atoms with Gasteiger partial charge in [0.2, 0.25) is 0 Å². The lowest BCUT2D eigenvalue weighted by atomic mass is 10.2. The van der Waals surface area contributed by atoms with Gasteiger partial charge in [0.25, 0.3) is 0 Å². The standard InChI is InChI=1S/C13H28N2O/c1-4-13(2)14(3)9-11-16-12-10-15-7-5-6-8-15/h13H,4-12H2,1-3H3. The number of hydrogen-bond donors (Lipinski definition) is 0. The van der Waals surface area contributed by atoms with Crippen LogP contribution in [-0.4, -0.2) is 62.3 Å². The van der Waals surface area contributed by atoms with Crippen LogP contribution in [0.3, 0.4) is 0 Å². The average Bonchev–Trinajstić information content (AvgIpc) is 2.80. The quantitative estimate of drug-likeness (QED) is 0.590. The summed E-state index contributed by atoms with van der Waals surface area (Å²) in [5.74, 6) is 0. The van der Waals surface area contributed by atoms with E-state index >= 15 is 0 Å². The number of ether oxygens (including phenoxy) is 1. The first-order valence-electron chi connectivity index (χ1n) is 6.74. The zero-order valence-electron chi connectivity index (χ0n) is 11.2. The first-order chi connectivity index (χ1) is 7.74. The van der Waals surface area contributed by atoms with Gasteiger partial charge in [-0.2, -0.15) is 0 Å². The number of likely N-dealkylation sites (tertiary alicyclic amines) is 1. The van der Waals surface area contributed by atoms with Crippen molar-refractivity contribution in [1.29, 1.82) is 0 Å². The topological polar surface area (TPSA) is 15.7 Å². The zero-order valence-corrected chi connectivity index (χ0v) is 11.2. The molecule has 1 unspecified atom stereocenters. The first-order valence-corrected chi connectivity index (χ1v) is 6.74. The molecular formula is C13H28N2O. The van der Waals surface area contributed by atoms with E-state index in [-0.39, 0.29) is 0 Å². The fraction of sp³-hybridized carbons (Fsp3) is 1.00. The van der Waals surface area contributed by atoms with Gasteiger partial charge in [0.1, 0.15) is 0 Å². The van der Waals surface area contributed by atoms with Crippen molar-refractivity contribution in [3.8, 4) is 0 Å². The molecule has 0 saturated carbocycles. The van der Waals surface area contributed by atoms with E-state index in [1.165, 1.54) is 32.4 Å². The zero-order chi connectivity index (χ0) is 11.8. The lowest BCUT2D eigenvalue weighted by Gasteiger charge is -2.23. The van der Waals surface area contributed by atoms with Crippen molar-refractivity contribution in [2.75, 3.05) is 46.4 Å². The van der Waals surface area contributed by atoms with Gasteiger partial charge in [-0.05, 0) is 46.3 Å². The molecular weight excluding hydrogens is 200 g/mol. The summed E-state index contributed by atoms with van der Waals surface area (Å²) in [4.78, 5) is 4.87. The molecule has 0 bridgehead atoms. The number of nitrogens with zero attached hydrogens (tertiary/aromatic N) is 2. The summed E-state index contributed by atoms with van der Waals surface area (Å²) in [6, 6.07) is 0.669. The molecule has 96 valence electrons. The second kappa shape index (κ2) is 8.04. The highest BCUT2D eigenvalue weighted by Crippen LogP contribution is 2.06. The third-order valence-electron chi connectivity index (χ3n) is 3.68. The summed E-state index contributed by atoms with van der Waals surface area (Å²) in [6.45, 7) is 11.0. The molecule has 0 aromatic carbocycles. The van der Waals surface area contributed by atoms with Gasteiger partial charge in [-0.15, -0.1) is 0 Å². The van der Waals surface area contributed by atoms with E-state index in [1.54, 1.807) is 0 Å². The molecule has 1 aliphatic rings. The van der Waals surface area contributed by atoms with Crippen molar-refractivity contribution >= 4 is 0 Å². The van der Waals surface area contributed by atoms with Crippen molar-refractivity contribution in [3.63, 3.8) is 0 Å². The van der Waals surface area contributed by atoms with Gasteiger partial charge in [0.05, 0.1) is 13.2 Å². The largest absolute Gasteiger partial charge is 0.379 e. The molecule has 0 spiro atoms. The molecule has 1 heterocycles. The van der Waals surface area contributed by atoms with Gasteiger partial charge < -0.3 is 14.5 Å². The van der Waals surface area contributed by atoms with Gasteiger partial charge in [0, 0.05) is 19.1 Å². The Balaban J connectivity index is 1.91. The van der Waals surface area contributed by atoms with Crippen LogP contribution in [0.1, 0.15) is 33.1 Å². The molecule has 16 heavy (non-hydrogen) atoms. The average molecular weight is 228 g/mol. The molecule has 1 fully saturated rings. The molecule has 1 saturated heterocycles. The van der Waals surface area contributed by atoms with E-state index in [0.717, 1.165) is 26.3 Å². The maximum atomic E-state index is 5.68. The number of hydrogen-bond acceptors (Lipinski definition) is 3. The first kappa shape index (κ1) is 13.9. The highest BCUT2D eigenvalue weighted by molar-refractivity contribution is 4.65. The Morgan fingerprint density at radius 1 is 1.25 bits per heavy atom. The molecule has 3 heteroatoms. The minimum absolute atomic E-state index is 0.669. The van der Waals surface area contributed by atoms with Crippen LogP contribution in [0.5, 0.6) is 0 Å². The van der Waals surface area contributed by atoms with Crippen molar-refractivity contribution in [3.05, 3.63) is 0 Å². The summed E-state index contributed by atoms with van der Waals surface area (Å²) in [5.41, 5.74) is 0. The van der Waals surface area contributed by atoms with Crippen molar-refractivity contribution in [2.45, 2.75) is 39.2 Å². The van der Waals surface area contributed by atoms with Gasteiger partial charge in [0.15, 0.2) is 0 Å². The van der Waals surface area contributed by atoms with Crippen LogP contribution in [0.15, 0.2) is 0 Å². The SMILES string of the molecule is CCC(C)N(C)CCOCCN1CCCC1. The van der Waals surface area contributed by atoms with Crippen molar-refractivity contribution in [2.24, 2.45) is 0 Å². The minimum Gasteiger partial charge on any atom is -0.379 e. The predicted octanol–water partition coefficient (Wildman–Crippen LogP) is 1.83. The normalized spacial score (nSPS) is 19.5. The van der Waals surface area contributed by atoms with Crippen molar-refractivity contribution < 1.29 is 4.74 Å². The van der Waals surface area contributed by atoms with Gasteiger partial charge >= 0.3 is 0 Å². The summed E-state index contributed by atoms with van der Waals surface area (Å²) in [5, 5.41) is 0. The molecule has 0 radical (unpaired) electrons. The molecule has 1 rings (SSSR count). The smallest absolute Gasteiger partial charge is 0.0594 e. The molecule has 0 aromatic rings. The molecule has 3 nitrogen and oxygen atoms in total. The second-order valence-corrected chi connectivity index (χ2v) is 4.90. The summed E-state index contributed by atoms with van der Waals surface area (Å²) in [7, 11) is 2.18. The maximum absolute atomic E-state index is 5.68. The van der Waals surface area contributed by atoms with Crippen LogP contribution in [0, 0.1) is 0 Å². The lowest BCUT2D eigenvalue weighted by molar-refractivity contribution is 0.0853. The van der Waals surface area contributed by atoms with Crippen LogP contribution in [0.2, 0.25) is 0 Å². The second-order valence-electron chi connectivity index (χ2n) is 4.90. The van der Waals surface area contributed by atoms with Gasteiger partial charge in [-0.25, -0.2) is 0 Å². The van der Waals surface area contributed by atoms with E-state index in [2.05, 4.69) is 30.7 Å². The van der Waals surface area contributed by atoms with Gasteiger partial charge in [-0.1, -0.05) is 6.92 Å². The third kappa shape index (κ3) is 5.28. The predicted molar refractivity (Wildman–Crippen MR) is 68.9 cm³/mol. The Labute approximate surface area is 101 Å². The van der Waals surface area contributed by atoms with Crippen LogP contribution in [-0.2, 0) is 4.74 Å². The fourth-order valence-electron chi connectivity index (χ4n) is 2.04. The molecule has 1 aliphatic heterocycles. The van der Waals surface area contributed by atoms with Crippen LogP contribution < -0.4 is 0 Å². The van der Waals surface area contributed by atoms with E-state index in [4.69, 9.17) is 4.74 Å². The van der Waals surface area contributed by atoms with E-state index in [1.807, 2.05) is 0 Å². The molecule has 0 aromatic heterocycles. The molecule has 1 atom stereocenters. The molecule has 0 N–H and O–H groups in total. The maximum Gasteiger partial charge on any atom is 0.0594 e. The Kier molecular flexibility index (Phi) is 7.01. The molecule has 0 aliphatic carbocycles. The van der Waals surface area contributed by atoms with Crippen molar-refractivity contribution in [1.82, 2.24) is 9.80 Å². The highest BCUT2D eigenvalue weighted by atomic mass is 16.5. The van der Waals surface area contributed by atoms with E-state index < -0.39 is 0 Å². The highest BCUT2D eigenvalue weighted by Gasteiger charge is 2.10. The summed E-state index contributed by atoms with van der Waals surface area (Å²) in [6.07, 6.45) is 3.96. The van der Waals surface area contributed by atoms with E-state index in [0.29, 0.717) is 6.04 Å². The fourth-order valence-corrected chi connectivity index (χ4v) is 2.04. The Bertz CT molecular complexity index is 169. The summed E-state index contributed by atoms with van der Waals surface area (Å²) >= 11 is 0. The summed E-state index contributed by atoms with van der Waals surface area (Å²) < 4.78 is 5.68. The molecule has 0 amide bonds. The van der Waals surface area contributed by atoms with E-state index in [9.17, 15) is 0 Å². The number of rotatable bonds is 8. The number of likely N-dealkylation sites (N-methyl/N-ethyl adjacent to an activating group) is 1. The Morgan fingerprint density at radius 3 is 2.56 bits per heavy atom.